The van der Waals surface area contributed by atoms with Crippen molar-refractivity contribution in [3.8, 4) is 17.4 Å². The highest BCUT2D eigenvalue weighted by molar-refractivity contribution is 7.90. The number of ether oxygens (including phenoxy) is 2. The monoisotopic (exact) mass is 460 g/mol. The number of hydrogen-bond donors (Lipinski definition) is 2. The predicted octanol–water partition coefficient (Wildman–Crippen LogP) is 2.19. The largest absolute Gasteiger partial charge is 0.436 e. The molecule has 166 valence electrons. The summed E-state index contributed by atoms with van der Waals surface area (Å²) < 4.78 is 53.1. The molecular weight excluding hydrogens is 443 g/mol. The quantitative estimate of drug-likeness (QED) is 0.548. The zero-order valence-electron chi connectivity index (χ0n) is 16.6. The van der Waals surface area contributed by atoms with E-state index in [-0.39, 0.29) is 36.0 Å². The number of fused-ring (bicyclic) bond motifs is 1. The summed E-state index contributed by atoms with van der Waals surface area (Å²) >= 11 is 0. The summed E-state index contributed by atoms with van der Waals surface area (Å²) in [4.78, 5) is 18.0. The van der Waals surface area contributed by atoms with E-state index in [9.17, 15) is 17.6 Å². The molecule has 0 aliphatic carbocycles. The molecule has 1 aliphatic heterocycles. The van der Waals surface area contributed by atoms with Gasteiger partial charge in [0.15, 0.2) is 17.3 Å². The van der Waals surface area contributed by atoms with Gasteiger partial charge in [-0.15, -0.1) is 5.10 Å². The molecule has 1 amide bonds. The molecule has 32 heavy (non-hydrogen) atoms. The van der Waals surface area contributed by atoms with E-state index in [2.05, 4.69) is 19.9 Å². The smallest absolute Gasteiger partial charge is 0.415 e. The van der Waals surface area contributed by atoms with Crippen LogP contribution >= 0.6 is 0 Å². The van der Waals surface area contributed by atoms with Gasteiger partial charge in [0.2, 0.25) is 5.88 Å². The summed E-state index contributed by atoms with van der Waals surface area (Å²) in [7, 11) is -2.70. The number of carbonyl (C=O) groups is 1. The second-order valence-electron chi connectivity index (χ2n) is 6.59. The number of amides is 1. The van der Waals surface area contributed by atoms with Crippen molar-refractivity contribution in [3.63, 3.8) is 0 Å². The van der Waals surface area contributed by atoms with Crippen molar-refractivity contribution in [1.82, 2.24) is 24.8 Å². The first-order valence-electron chi connectivity index (χ1n) is 9.24. The Labute approximate surface area is 182 Å². The fourth-order valence-electron chi connectivity index (χ4n) is 2.89. The number of nitrogens with one attached hydrogen (secondary N) is 2. The maximum absolute atomic E-state index is 14.8. The van der Waals surface area contributed by atoms with Crippen LogP contribution in [-0.4, -0.2) is 41.6 Å². The minimum Gasteiger partial charge on any atom is -0.436 e. The van der Waals surface area contributed by atoms with Crippen LogP contribution in [0.4, 0.5) is 14.9 Å². The number of halogens is 1. The Hall–Kier alpha value is -3.84. The van der Waals surface area contributed by atoms with E-state index in [1.165, 1.54) is 48.6 Å². The van der Waals surface area contributed by atoms with Crippen LogP contribution in [0.2, 0.25) is 0 Å². The summed E-state index contributed by atoms with van der Waals surface area (Å²) in [5, 5.41) is 7.51. The second kappa shape index (κ2) is 8.72. The topological polar surface area (TPSA) is 136 Å². The fourth-order valence-corrected chi connectivity index (χ4v) is 3.44. The lowest BCUT2D eigenvalue weighted by Crippen LogP contribution is -2.37. The maximum Gasteiger partial charge on any atom is 0.415 e. The van der Waals surface area contributed by atoms with Gasteiger partial charge in [-0.2, -0.15) is 13.5 Å². The first kappa shape index (κ1) is 21.4. The van der Waals surface area contributed by atoms with Crippen molar-refractivity contribution in [2.45, 2.75) is 13.1 Å². The van der Waals surface area contributed by atoms with Gasteiger partial charge < -0.3 is 9.47 Å². The summed E-state index contributed by atoms with van der Waals surface area (Å²) in [6.07, 6.45) is 2.23. The highest BCUT2D eigenvalue weighted by atomic mass is 32.2. The second-order valence-corrected chi connectivity index (χ2v) is 8.21. The normalized spacial score (nSPS) is 13.3. The molecular formula is C19H17FN6O5S. The Morgan fingerprint density at radius 2 is 2.12 bits per heavy atom. The van der Waals surface area contributed by atoms with Gasteiger partial charge in [-0.1, -0.05) is 12.1 Å². The molecule has 0 saturated heterocycles. The van der Waals surface area contributed by atoms with Crippen molar-refractivity contribution in [3.05, 3.63) is 65.9 Å². The van der Waals surface area contributed by atoms with E-state index in [0.717, 1.165) is 0 Å². The zero-order valence-corrected chi connectivity index (χ0v) is 17.5. The molecule has 0 atom stereocenters. The van der Waals surface area contributed by atoms with Gasteiger partial charge in [0.25, 0.3) is 10.2 Å². The van der Waals surface area contributed by atoms with Gasteiger partial charge in [0.1, 0.15) is 5.69 Å². The molecule has 0 bridgehead atoms. The average molecular weight is 460 g/mol. The third-order valence-corrected chi connectivity index (χ3v) is 5.45. The number of nitrogens with zero attached hydrogens (tertiary/aromatic N) is 4. The summed E-state index contributed by atoms with van der Waals surface area (Å²) in [6.45, 7) is -0.0930. The third-order valence-electron chi connectivity index (χ3n) is 4.42. The van der Waals surface area contributed by atoms with E-state index in [1.54, 1.807) is 12.1 Å². The van der Waals surface area contributed by atoms with Gasteiger partial charge in [-0.05, 0) is 12.1 Å². The van der Waals surface area contributed by atoms with Crippen molar-refractivity contribution < 1.29 is 27.1 Å². The highest BCUT2D eigenvalue weighted by Crippen LogP contribution is 2.31. The molecule has 4 rings (SSSR count). The van der Waals surface area contributed by atoms with Crippen molar-refractivity contribution in [2.24, 2.45) is 0 Å². The van der Waals surface area contributed by atoms with Crippen LogP contribution in [0.15, 0.2) is 48.8 Å². The summed E-state index contributed by atoms with van der Waals surface area (Å²) in [5.74, 6) is -0.0300. The van der Waals surface area contributed by atoms with E-state index in [0.29, 0.717) is 11.4 Å². The van der Waals surface area contributed by atoms with Crippen LogP contribution in [0.5, 0.6) is 17.4 Å². The number of benzene rings is 1. The fraction of sp³-hybridized carbons (Fsp3) is 0.158. The summed E-state index contributed by atoms with van der Waals surface area (Å²) in [6, 6.07) is 8.96. The lowest BCUT2D eigenvalue weighted by molar-refractivity contribution is 0.133. The van der Waals surface area contributed by atoms with Gasteiger partial charge in [0, 0.05) is 30.9 Å². The van der Waals surface area contributed by atoms with E-state index >= 15 is 0 Å². The van der Waals surface area contributed by atoms with E-state index in [1.807, 2.05) is 4.72 Å². The lowest BCUT2D eigenvalue weighted by atomic mass is 10.1. The number of anilines is 1. The van der Waals surface area contributed by atoms with Crippen LogP contribution in [-0.2, 0) is 23.3 Å². The van der Waals surface area contributed by atoms with Gasteiger partial charge >= 0.3 is 6.09 Å². The number of aromatic nitrogens is 3. The van der Waals surface area contributed by atoms with Crippen molar-refractivity contribution >= 4 is 22.0 Å². The third kappa shape index (κ3) is 4.73. The molecule has 0 saturated carbocycles. The van der Waals surface area contributed by atoms with Crippen molar-refractivity contribution in [2.75, 3.05) is 11.8 Å². The first-order valence-corrected chi connectivity index (χ1v) is 10.7. The molecule has 1 aromatic carbocycles. The van der Waals surface area contributed by atoms with E-state index < -0.39 is 22.1 Å². The van der Waals surface area contributed by atoms with Crippen LogP contribution in [0.3, 0.4) is 0 Å². The molecule has 0 spiro atoms. The van der Waals surface area contributed by atoms with Gasteiger partial charge in [0.05, 0.1) is 25.0 Å². The van der Waals surface area contributed by atoms with Gasteiger partial charge in [-0.3, -0.25) is 14.6 Å². The minimum absolute atomic E-state index is 0.0610. The van der Waals surface area contributed by atoms with Crippen molar-refractivity contribution in [1.29, 1.82) is 0 Å². The Balaban J connectivity index is 1.50. The predicted molar refractivity (Wildman–Crippen MR) is 110 cm³/mol. The Morgan fingerprint density at radius 1 is 1.28 bits per heavy atom. The molecule has 13 heteroatoms. The zero-order chi connectivity index (χ0) is 22.7. The molecule has 0 radical (unpaired) electrons. The first-order chi connectivity index (χ1) is 15.3. The average Bonchev–Trinajstić information content (AvgIpc) is 2.77. The van der Waals surface area contributed by atoms with E-state index in [4.69, 9.17) is 9.47 Å². The molecule has 0 fully saturated rings. The lowest BCUT2D eigenvalue weighted by Gasteiger charge is -2.27. The Bertz CT molecular complexity index is 1260. The summed E-state index contributed by atoms with van der Waals surface area (Å²) in [5.41, 5.74) is 0.305. The minimum atomic E-state index is -3.90. The number of pyridine rings is 1. The highest BCUT2D eigenvalue weighted by Gasteiger charge is 2.28. The molecule has 11 nitrogen and oxygen atoms in total. The molecule has 0 unspecified atom stereocenters. The SMILES string of the molecule is CNS(=O)(=O)Nc1cccc(CN2Cc3ncc(Oc4cccnn4)cc3OC2=O)c1F. The molecule has 1 aliphatic rings. The Morgan fingerprint density at radius 3 is 2.88 bits per heavy atom. The van der Waals surface area contributed by atoms with Crippen LogP contribution < -0.4 is 18.9 Å². The maximum atomic E-state index is 14.8. The van der Waals surface area contributed by atoms with Crippen LogP contribution in [0.1, 0.15) is 11.3 Å². The standard InChI is InChI=1S/C19H17FN6O5S/c1-21-32(28,29)25-14-5-2-4-12(18(14)20)10-26-11-15-16(31-19(26)27)8-13(9-22-15)30-17-6-3-7-23-24-17/h2-9,21,25H,10-11H2,1H3. The van der Waals surface area contributed by atoms with Crippen LogP contribution in [0, 0.1) is 5.82 Å². The number of hydrogen-bond acceptors (Lipinski definition) is 8. The number of rotatable bonds is 7. The number of carbonyl (C=O) groups excluding carboxylic acids is 1. The molecule has 2 aromatic heterocycles. The van der Waals surface area contributed by atoms with Crippen LogP contribution in [0.25, 0.3) is 0 Å². The molecule has 3 aromatic rings. The van der Waals surface area contributed by atoms with Gasteiger partial charge in [-0.25, -0.2) is 13.9 Å². The molecule has 2 N–H and O–H groups in total. The Kier molecular flexibility index (Phi) is 5.83. The molecule has 3 heterocycles.